The van der Waals surface area contributed by atoms with Crippen molar-refractivity contribution in [2.75, 3.05) is 11.5 Å². The van der Waals surface area contributed by atoms with E-state index in [1.807, 2.05) is 0 Å². The number of amides is 1. The quantitative estimate of drug-likeness (QED) is 0.344. The summed E-state index contributed by atoms with van der Waals surface area (Å²) in [4.78, 5) is 20.5. The highest BCUT2D eigenvalue weighted by molar-refractivity contribution is 7.99. The first-order valence-corrected chi connectivity index (χ1v) is 4.81. The molecule has 0 saturated carbocycles. The van der Waals surface area contributed by atoms with Crippen LogP contribution in [0.25, 0.3) is 0 Å². The zero-order valence-electron chi connectivity index (χ0n) is 7.03. The molecule has 2 N–H and O–H groups in total. The van der Waals surface area contributed by atoms with Crippen LogP contribution in [0, 0.1) is 12.3 Å². The lowest BCUT2D eigenvalue weighted by molar-refractivity contribution is -0.140. The minimum atomic E-state index is -1.02. The van der Waals surface area contributed by atoms with Crippen LogP contribution in [0.4, 0.5) is 0 Å². The molecule has 4 nitrogen and oxygen atoms in total. The number of rotatable bonds is 7. The average Bonchev–Trinajstić information content (AvgIpc) is 2.10. The Hall–Kier alpha value is -1.15. The van der Waals surface area contributed by atoms with E-state index in [4.69, 9.17) is 11.5 Å². The zero-order valence-corrected chi connectivity index (χ0v) is 7.84. The predicted octanol–water partition coefficient (Wildman–Crippen LogP) is -0.0579. The second kappa shape index (κ2) is 7.50. The molecule has 0 radical (unpaired) electrons. The molecule has 0 aliphatic heterocycles. The Morgan fingerprint density at radius 3 is 2.92 bits per heavy atom. The number of nitrogens with one attached hydrogen (secondary N) is 1. The summed E-state index contributed by atoms with van der Waals surface area (Å²) in [5, 5.41) is 10.8. The van der Waals surface area contributed by atoms with Crippen LogP contribution in [0.5, 0.6) is 0 Å². The third kappa shape index (κ3) is 6.05. The lowest BCUT2D eigenvalue weighted by Crippen LogP contribution is -2.36. The fourth-order valence-corrected chi connectivity index (χ4v) is 1.36. The van der Waals surface area contributed by atoms with Gasteiger partial charge >= 0.3 is 5.97 Å². The van der Waals surface area contributed by atoms with Crippen molar-refractivity contribution in [2.45, 2.75) is 12.5 Å². The first-order chi connectivity index (χ1) is 6.22. The van der Waals surface area contributed by atoms with Gasteiger partial charge in [-0.15, -0.1) is 18.2 Å². The second-order valence-electron chi connectivity index (χ2n) is 2.22. The van der Waals surface area contributed by atoms with Gasteiger partial charge < -0.3 is 10.4 Å². The smallest absolute Gasteiger partial charge is 0.326 e. The van der Waals surface area contributed by atoms with E-state index in [-0.39, 0.29) is 0 Å². The molecule has 72 valence electrons. The van der Waals surface area contributed by atoms with E-state index in [9.17, 15) is 9.59 Å². The van der Waals surface area contributed by atoms with Crippen molar-refractivity contribution >= 4 is 24.1 Å². The lowest BCUT2D eigenvalue weighted by Gasteiger charge is -2.09. The Kier molecular flexibility index (Phi) is 6.83. The molecular formula is C8H11NO3S. The summed E-state index contributed by atoms with van der Waals surface area (Å²) in [5.41, 5.74) is 0. The van der Waals surface area contributed by atoms with E-state index in [1.165, 1.54) is 11.8 Å². The molecular weight excluding hydrogens is 190 g/mol. The average molecular weight is 201 g/mol. The van der Waals surface area contributed by atoms with Crippen molar-refractivity contribution in [2.24, 2.45) is 0 Å². The van der Waals surface area contributed by atoms with Crippen LogP contribution in [0.3, 0.4) is 0 Å². The zero-order chi connectivity index (χ0) is 10.1. The molecule has 0 aliphatic rings. The Morgan fingerprint density at radius 2 is 2.46 bits per heavy atom. The van der Waals surface area contributed by atoms with E-state index in [1.54, 1.807) is 0 Å². The van der Waals surface area contributed by atoms with Gasteiger partial charge in [0, 0.05) is 0 Å². The molecule has 0 heterocycles. The summed E-state index contributed by atoms with van der Waals surface area (Å²) in [6.07, 6.45) is 5.79. The van der Waals surface area contributed by atoms with Gasteiger partial charge in [-0.3, -0.25) is 4.79 Å². The Bertz CT molecular complexity index is 212. The number of hydrogen-bond donors (Lipinski definition) is 2. The minimum Gasteiger partial charge on any atom is -0.480 e. The van der Waals surface area contributed by atoms with Crippen LogP contribution in [0.2, 0.25) is 0 Å². The molecule has 1 amide bonds. The number of carbonyl (C=O) groups is 2. The van der Waals surface area contributed by atoms with E-state index in [0.717, 1.165) is 0 Å². The predicted molar refractivity (Wildman–Crippen MR) is 51.4 cm³/mol. The van der Waals surface area contributed by atoms with Crippen LogP contribution in [-0.2, 0) is 9.59 Å². The SMILES string of the molecule is C#CCSCCC(NC=O)C(=O)O. The Balaban J connectivity index is 3.64. The van der Waals surface area contributed by atoms with Gasteiger partial charge in [-0.05, 0) is 12.2 Å². The lowest BCUT2D eigenvalue weighted by atomic mass is 10.2. The molecule has 0 bridgehead atoms. The number of carbonyl (C=O) groups excluding carboxylic acids is 1. The van der Waals surface area contributed by atoms with Gasteiger partial charge in [-0.25, -0.2) is 4.79 Å². The van der Waals surface area contributed by atoms with Gasteiger partial charge in [-0.2, -0.15) is 0 Å². The van der Waals surface area contributed by atoms with Crippen molar-refractivity contribution in [3.8, 4) is 12.3 Å². The molecule has 0 rings (SSSR count). The van der Waals surface area contributed by atoms with Gasteiger partial charge in [0.2, 0.25) is 6.41 Å². The van der Waals surface area contributed by atoms with Gasteiger partial charge in [-0.1, -0.05) is 5.92 Å². The number of hydrogen-bond acceptors (Lipinski definition) is 3. The highest BCUT2D eigenvalue weighted by Crippen LogP contribution is 2.03. The number of thioether (sulfide) groups is 1. The summed E-state index contributed by atoms with van der Waals surface area (Å²) < 4.78 is 0. The van der Waals surface area contributed by atoms with Crippen LogP contribution in [0.15, 0.2) is 0 Å². The van der Waals surface area contributed by atoms with Crippen molar-refractivity contribution in [3.63, 3.8) is 0 Å². The maximum atomic E-state index is 10.5. The fraction of sp³-hybridized carbons (Fsp3) is 0.500. The highest BCUT2D eigenvalue weighted by atomic mass is 32.2. The minimum absolute atomic E-state index is 0.389. The first kappa shape index (κ1) is 11.8. The third-order valence-corrected chi connectivity index (χ3v) is 2.20. The summed E-state index contributed by atoms with van der Waals surface area (Å²) in [5.74, 6) is 2.60. The normalized spacial score (nSPS) is 11.3. The van der Waals surface area contributed by atoms with Crippen molar-refractivity contribution in [1.29, 1.82) is 0 Å². The molecule has 1 atom stereocenters. The molecule has 5 heteroatoms. The van der Waals surface area contributed by atoms with Crippen LogP contribution in [0.1, 0.15) is 6.42 Å². The maximum Gasteiger partial charge on any atom is 0.326 e. The van der Waals surface area contributed by atoms with Gasteiger partial charge in [0.05, 0.1) is 5.75 Å². The number of aliphatic carboxylic acids is 1. The molecule has 1 unspecified atom stereocenters. The highest BCUT2D eigenvalue weighted by Gasteiger charge is 2.14. The maximum absolute atomic E-state index is 10.5. The topological polar surface area (TPSA) is 66.4 Å². The summed E-state index contributed by atoms with van der Waals surface area (Å²) >= 11 is 1.47. The van der Waals surface area contributed by atoms with E-state index in [0.29, 0.717) is 24.3 Å². The van der Waals surface area contributed by atoms with E-state index < -0.39 is 12.0 Å². The van der Waals surface area contributed by atoms with Crippen molar-refractivity contribution in [1.82, 2.24) is 5.32 Å². The van der Waals surface area contributed by atoms with Crippen molar-refractivity contribution < 1.29 is 14.7 Å². The first-order valence-electron chi connectivity index (χ1n) is 3.66. The van der Waals surface area contributed by atoms with Crippen LogP contribution in [-0.4, -0.2) is 35.0 Å². The molecule has 13 heavy (non-hydrogen) atoms. The fourth-order valence-electron chi connectivity index (χ4n) is 0.693. The largest absolute Gasteiger partial charge is 0.480 e. The van der Waals surface area contributed by atoms with Crippen molar-refractivity contribution in [3.05, 3.63) is 0 Å². The van der Waals surface area contributed by atoms with Gasteiger partial charge in [0.15, 0.2) is 0 Å². The number of terminal acetylenes is 1. The molecule has 0 aromatic carbocycles. The van der Waals surface area contributed by atoms with Gasteiger partial charge in [0.25, 0.3) is 0 Å². The second-order valence-corrected chi connectivity index (χ2v) is 3.33. The molecule has 0 aromatic rings. The van der Waals surface area contributed by atoms with Gasteiger partial charge in [0.1, 0.15) is 6.04 Å². The molecule has 0 saturated heterocycles. The van der Waals surface area contributed by atoms with Crippen LogP contribution >= 0.6 is 11.8 Å². The Morgan fingerprint density at radius 1 is 1.77 bits per heavy atom. The molecule has 0 aromatic heterocycles. The monoisotopic (exact) mass is 201 g/mol. The molecule has 0 fully saturated rings. The Labute approximate surface area is 81.1 Å². The molecule has 0 spiro atoms. The van der Waals surface area contributed by atoms with E-state index in [2.05, 4.69) is 11.2 Å². The number of carboxylic acids is 1. The molecule has 0 aliphatic carbocycles. The summed E-state index contributed by atoms with van der Waals surface area (Å²) in [7, 11) is 0. The summed E-state index contributed by atoms with van der Waals surface area (Å²) in [6.45, 7) is 0. The third-order valence-electron chi connectivity index (χ3n) is 1.30. The standard InChI is InChI=1S/C8H11NO3S/c1-2-4-13-5-3-7(8(11)12)9-6-10/h1,6-7H,3-5H2,(H,9,10)(H,11,12). The van der Waals surface area contributed by atoms with E-state index >= 15 is 0 Å². The van der Waals surface area contributed by atoms with Crippen LogP contribution < -0.4 is 5.32 Å². The summed E-state index contributed by atoms with van der Waals surface area (Å²) in [6, 6.07) is -0.803. The number of carboxylic acid groups (broad SMARTS) is 1.